The lowest BCUT2D eigenvalue weighted by atomic mass is 10.1. The van der Waals surface area contributed by atoms with Crippen molar-refractivity contribution in [2.45, 2.75) is 6.92 Å². The van der Waals surface area contributed by atoms with Crippen LogP contribution in [0.5, 0.6) is 11.5 Å². The molecule has 0 fully saturated rings. The summed E-state index contributed by atoms with van der Waals surface area (Å²) in [6.45, 7) is 2.03. The lowest BCUT2D eigenvalue weighted by Crippen LogP contribution is -2.12. The molecular formula is C25H23N3O3. The summed E-state index contributed by atoms with van der Waals surface area (Å²) in [5, 5.41) is 7.66. The van der Waals surface area contributed by atoms with Crippen molar-refractivity contribution in [1.29, 1.82) is 0 Å². The molecule has 1 amide bonds. The van der Waals surface area contributed by atoms with E-state index in [1.54, 1.807) is 43.3 Å². The summed E-state index contributed by atoms with van der Waals surface area (Å²) in [5.74, 6) is 0.876. The maximum absolute atomic E-state index is 13.2. The molecule has 1 N–H and O–H groups in total. The number of nitrogens with one attached hydrogen (secondary N) is 1. The summed E-state index contributed by atoms with van der Waals surface area (Å²) in [6.07, 6.45) is 1.75. The molecule has 6 nitrogen and oxygen atoms in total. The lowest BCUT2D eigenvalue weighted by molar-refractivity contribution is 0.102. The molecule has 1 heterocycles. The highest BCUT2D eigenvalue weighted by Gasteiger charge is 2.19. The smallest absolute Gasteiger partial charge is 0.259 e. The van der Waals surface area contributed by atoms with Crippen molar-refractivity contribution >= 4 is 11.6 Å². The summed E-state index contributed by atoms with van der Waals surface area (Å²) in [5.41, 5.74) is 4.59. The van der Waals surface area contributed by atoms with Crippen molar-refractivity contribution in [3.8, 4) is 28.4 Å². The monoisotopic (exact) mass is 413 g/mol. The van der Waals surface area contributed by atoms with E-state index < -0.39 is 0 Å². The van der Waals surface area contributed by atoms with Gasteiger partial charge in [0, 0.05) is 23.5 Å². The van der Waals surface area contributed by atoms with Crippen LogP contribution in [0.15, 0.2) is 79.0 Å². The van der Waals surface area contributed by atoms with Gasteiger partial charge < -0.3 is 14.8 Å². The topological polar surface area (TPSA) is 65.4 Å². The van der Waals surface area contributed by atoms with Crippen LogP contribution >= 0.6 is 0 Å². The SMILES string of the molecule is COc1ccc(NC(=O)c2cn(-c3ccc(C)cc3)nc2-c2ccccc2)cc1OC. The van der Waals surface area contributed by atoms with Gasteiger partial charge >= 0.3 is 0 Å². The van der Waals surface area contributed by atoms with Crippen LogP contribution in [0, 0.1) is 6.92 Å². The number of aromatic nitrogens is 2. The molecule has 0 unspecified atom stereocenters. The number of benzene rings is 3. The second-order valence-corrected chi connectivity index (χ2v) is 7.06. The van der Waals surface area contributed by atoms with Crippen LogP contribution in [0.25, 0.3) is 16.9 Å². The highest BCUT2D eigenvalue weighted by molar-refractivity contribution is 6.08. The van der Waals surface area contributed by atoms with Crippen LogP contribution in [0.2, 0.25) is 0 Å². The number of carbonyl (C=O) groups is 1. The summed E-state index contributed by atoms with van der Waals surface area (Å²) < 4.78 is 12.3. The molecule has 6 heteroatoms. The minimum absolute atomic E-state index is 0.260. The molecule has 0 spiro atoms. The molecule has 0 saturated carbocycles. The van der Waals surface area contributed by atoms with Crippen molar-refractivity contribution in [2.75, 3.05) is 19.5 Å². The number of hydrogen-bond donors (Lipinski definition) is 1. The first-order valence-electron chi connectivity index (χ1n) is 9.84. The van der Waals surface area contributed by atoms with Crippen molar-refractivity contribution in [3.63, 3.8) is 0 Å². The third kappa shape index (κ3) is 4.28. The Bertz CT molecular complexity index is 1200. The van der Waals surface area contributed by atoms with Crippen LogP contribution in [-0.2, 0) is 0 Å². The largest absolute Gasteiger partial charge is 0.493 e. The summed E-state index contributed by atoms with van der Waals surface area (Å²) >= 11 is 0. The van der Waals surface area contributed by atoms with E-state index in [-0.39, 0.29) is 5.91 Å². The van der Waals surface area contributed by atoms with Gasteiger partial charge in [-0.05, 0) is 31.2 Å². The van der Waals surface area contributed by atoms with E-state index in [1.165, 1.54) is 0 Å². The zero-order valence-corrected chi connectivity index (χ0v) is 17.6. The Balaban J connectivity index is 1.72. The standard InChI is InChI=1S/C25H23N3O3/c1-17-9-12-20(13-10-17)28-16-21(24(27-28)18-7-5-4-6-8-18)25(29)26-19-11-14-22(30-2)23(15-19)31-3/h4-16H,1-3H3,(H,26,29). The van der Waals surface area contributed by atoms with Gasteiger partial charge in [0.1, 0.15) is 5.69 Å². The van der Waals surface area contributed by atoms with Crippen molar-refractivity contribution in [1.82, 2.24) is 9.78 Å². The lowest BCUT2D eigenvalue weighted by Gasteiger charge is -2.10. The fraction of sp³-hybridized carbons (Fsp3) is 0.120. The zero-order chi connectivity index (χ0) is 21.8. The highest BCUT2D eigenvalue weighted by Crippen LogP contribution is 2.31. The Hall–Kier alpha value is -4.06. The van der Waals surface area contributed by atoms with Gasteiger partial charge in [-0.25, -0.2) is 4.68 Å². The highest BCUT2D eigenvalue weighted by atomic mass is 16.5. The van der Waals surface area contributed by atoms with Gasteiger partial charge in [-0.1, -0.05) is 48.0 Å². The van der Waals surface area contributed by atoms with Gasteiger partial charge in [-0.2, -0.15) is 5.10 Å². The summed E-state index contributed by atoms with van der Waals surface area (Å²) in [7, 11) is 3.13. The molecule has 0 saturated heterocycles. The molecule has 0 radical (unpaired) electrons. The quantitative estimate of drug-likeness (QED) is 0.477. The molecule has 31 heavy (non-hydrogen) atoms. The number of carbonyl (C=O) groups excluding carboxylic acids is 1. The number of amides is 1. The van der Waals surface area contributed by atoms with Crippen LogP contribution in [0.3, 0.4) is 0 Å². The number of anilines is 1. The molecule has 0 bridgehead atoms. The van der Waals surface area contributed by atoms with Gasteiger partial charge in [0.05, 0.1) is 25.5 Å². The average molecular weight is 413 g/mol. The van der Waals surface area contributed by atoms with Crippen LogP contribution in [0.1, 0.15) is 15.9 Å². The predicted molar refractivity (Wildman–Crippen MR) is 121 cm³/mol. The van der Waals surface area contributed by atoms with E-state index in [4.69, 9.17) is 14.6 Å². The number of rotatable bonds is 6. The van der Waals surface area contributed by atoms with E-state index in [0.29, 0.717) is 28.4 Å². The Morgan fingerprint density at radius 1 is 0.903 bits per heavy atom. The Kier molecular flexibility index (Phi) is 5.71. The maximum atomic E-state index is 13.2. The molecule has 0 atom stereocenters. The van der Waals surface area contributed by atoms with E-state index in [2.05, 4.69) is 5.32 Å². The first-order chi connectivity index (χ1) is 15.1. The van der Waals surface area contributed by atoms with Crippen LogP contribution < -0.4 is 14.8 Å². The van der Waals surface area contributed by atoms with E-state index in [0.717, 1.165) is 16.8 Å². The van der Waals surface area contributed by atoms with E-state index in [1.807, 2.05) is 61.5 Å². The Morgan fingerprint density at radius 3 is 2.29 bits per heavy atom. The molecule has 1 aromatic heterocycles. The van der Waals surface area contributed by atoms with Gasteiger partial charge in [-0.3, -0.25) is 4.79 Å². The van der Waals surface area contributed by atoms with Gasteiger partial charge in [0.2, 0.25) is 0 Å². The second kappa shape index (κ2) is 8.75. The number of ether oxygens (including phenoxy) is 2. The van der Waals surface area contributed by atoms with Crippen LogP contribution in [-0.4, -0.2) is 29.9 Å². The number of methoxy groups -OCH3 is 2. The third-order valence-electron chi connectivity index (χ3n) is 4.95. The number of nitrogens with zero attached hydrogens (tertiary/aromatic N) is 2. The molecule has 0 aliphatic rings. The van der Waals surface area contributed by atoms with Gasteiger partial charge in [-0.15, -0.1) is 0 Å². The first kappa shape index (κ1) is 20.2. The normalized spacial score (nSPS) is 10.5. The predicted octanol–water partition coefficient (Wildman–Crippen LogP) is 5.12. The van der Waals surface area contributed by atoms with Crippen molar-refractivity contribution < 1.29 is 14.3 Å². The van der Waals surface area contributed by atoms with Crippen molar-refractivity contribution in [2.24, 2.45) is 0 Å². The molecular weight excluding hydrogens is 390 g/mol. The average Bonchev–Trinajstić information content (AvgIpc) is 3.26. The fourth-order valence-electron chi connectivity index (χ4n) is 3.29. The number of hydrogen-bond acceptors (Lipinski definition) is 4. The van der Waals surface area contributed by atoms with Crippen LogP contribution in [0.4, 0.5) is 5.69 Å². The second-order valence-electron chi connectivity index (χ2n) is 7.06. The first-order valence-corrected chi connectivity index (χ1v) is 9.84. The Morgan fingerprint density at radius 2 is 1.61 bits per heavy atom. The minimum atomic E-state index is -0.260. The zero-order valence-electron chi connectivity index (χ0n) is 17.6. The number of aryl methyl sites for hydroxylation is 1. The minimum Gasteiger partial charge on any atom is -0.493 e. The molecule has 156 valence electrons. The van der Waals surface area contributed by atoms with E-state index >= 15 is 0 Å². The van der Waals surface area contributed by atoms with Gasteiger partial charge in [0.25, 0.3) is 5.91 Å². The maximum Gasteiger partial charge on any atom is 0.259 e. The molecule has 0 aliphatic heterocycles. The van der Waals surface area contributed by atoms with Gasteiger partial charge in [0.15, 0.2) is 11.5 Å². The fourth-order valence-corrected chi connectivity index (χ4v) is 3.29. The summed E-state index contributed by atoms with van der Waals surface area (Å²) in [4.78, 5) is 13.2. The summed E-state index contributed by atoms with van der Waals surface area (Å²) in [6, 6.07) is 22.9. The Labute approximate surface area is 181 Å². The molecule has 4 aromatic rings. The van der Waals surface area contributed by atoms with E-state index in [9.17, 15) is 4.79 Å². The molecule has 0 aliphatic carbocycles. The van der Waals surface area contributed by atoms with Crippen molar-refractivity contribution in [3.05, 3.63) is 90.1 Å². The molecule has 4 rings (SSSR count). The third-order valence-corrected chi connectivity index (χ3v) is 4.95. The molecule has 3 aromatic carbocycles.